The third-order valence-electron chi connectivity index (χ3n) is 2.30. The fraction of sp³-hybridized carbons (Fsp3) is 0.500. The number of amides is 1. The van der Waals surface area contributed by atoms with E-state index >= 15 is 0 Å². The van der Waals surface area contributed by atoms with Crippen LogP contribution >= 0.6 is 0 Å². The van der Waals surface area contributed by atoms with Gasteiger partial charge in [0.2, 0.25) is 5.91 Å². The van der Waals surface area contributed by atoms with Crippen molar-refractivity contribution < 1.29 is 9.53 Å². The number of rotatable bonds is 7. The Hall–Kier alpha value is -1.46. The van der Waals surface area contributed by atoms with Crippen molar-refractivity contribution in [3.8, 4) is 0 Å². The Morgan fingerprint density at radius 1 is 1.53 bits per heavy atom. The molecule has 0 aliphatic heterocycles. The van der Waals surface area contributed by atoms with Gasteiger partial charge in [-0.25, -0.2) is 0 Å². The summed E-state index contributed by atoms with van der Waals surface area (Å²) in [4.78, 5) is 17.7. The number of hydrogen-bond acceptors (Lipinski definition) is 4. The van der Waals surface area contributed by atoms with Gasteiger partial charge in [0.1, 0.15) is 6.61 Å². The Balaban J connectivity index is 2.45. The van der Waals surface area contributed by atoms with Gasteiger partial charge in [0, 0.05) is 19.3 Å². The molecule has 0 saturated carbocycles. The lowest BCUT2D eigenvalue weighted by molar-refractivity contribution is -0.136. The standard InChI is InChI=1S/C12H19N3O2/c1-2-15(12(16)10-17-8-6-13)9-11-5-3-4-7-14-11/h3-5,7H,2,6,8-10,13H2,1H3. The van der Waals surface area contributed by atoms with E-state index in [-0.39, 0.29) is 12.5 Å². The number of nitrogens with zero attached hydrogens (tertiary/aromatic N) is 2. The lowest BCUT2D eigenvalue weighted by atomic mass is 10.3. The van der Waals surface area contributed by atoms with Crippen molar-refractivity contribution in [2.24, 2.45) is 5.73 Å². The third kappa shape index (κ3) is 4.93. The lowest BCUT2D eigenvalue weighted by Gasteiger charge is -2.20. The quantitative estimate of drug-likeness (QED) is 0.697. The van der Waals surface area contributed by atoms with E-state index in [1.165, 1.54) is 0 Å². The van der Waals surface area contributed by atoms with Crippen molar-refractivity contribution in [2.75, 3.05) is 26.3 Å². The van der Waals surface area contributed by atoms with Gasteiger partial charge in [0.15, 0.2) is 0 Å². The molecule has 0 radical (unpaired) electrons. The minimum Gasteiger partial charge on any atom is -0.370 e. The van der Waals surface area contributed by atoms with Gasteiger partial charge in [-0.2, -0.15) is 0 Å². The average Bonchev–Trinajstić information content (AvgIpc) is 2.37. The molecule has 0 fully saturated rings. The van der Waals surface area contributed by atoms with Gasteiger partial charge in [0.05, 0.1) is 18.8 Å². The van der Waals surface area contributed by atoms with Crippen molar-refractivity contribution in [2.45, 2.75) is 13.5 Å². The number of carbonyl (C=O) groups is 1. The molecule has 5 nitrogen and oxygen atoms in total. The zero-order valence-electron chi connectivity index (χ0n) is 10.1. The van der Waals surface area contributed by atoms with Gasteiger partial charge in [-0.3, -0.25) is 9.78 Å². The van der Waals surface area contributed by atoms with Crippen LogP contribution in [0.2, 0.25) is 0 Å². The first-order valence-electron chi connectivity index (χ1n) is 5.73. The molecule has 0 atom stereocenters. The molecule has 0 aromatic carbocycles. The average molecular weight is 237 g/mol. The van der Waals surface area contributed by atoms with E-state index in [0.29, 0.717) is 26.2 Å². The van der Waals surface area contributed by atoms with Crippen molar-refractivity contribution in [3.63, 3.8) is 0 Å². The van der Waals surface area contributed by atoms with Crippen LogP contribution in [-0.2, 0) is 16.1 Å². The molecule has 1 rings (SSSR count). The Morgan fingerprint density at radius 3 is 2.94 bits per heavy atom. The number of carbonyl (C=O) groups excluding carboxylic acids is 1. The minimum atomic E-state index is -0.0356. The van der Waals surface area contributed by atoms with Crippen molar-refractivity contribution in [3.05, 3.63) is 30.1 Å². The van der Waals surface area contributed by atoms with Crippen LogP contribution in [0.25, 0.3) is 0 Å². The maximum Gasteiger partial charge on any atom is 0.248 e. The van der Waals surface area contributed by atoms with Crippen LogP contribution in [0.3, 0.4) is 0 Å². The summed E-state index contributed by atoms with van der Waals surface area (Å²) in [6.45, 7) is 4.01. The molecule has 1 heterocycles. The largest absolute Gasteiger partial charge is 0.370 e. The molecule has 5 heteroatoms. The molecule has 1 aromatic heterocycles. The second-order valence-electron chi connectivity index (χ2n) is 3.57. The minimum absolute atomic E-state index is 0.0356. The first-order valence-corrected chi connectivity index (χ1v) is 5.73. The topological polar surface area (TPSA) is 68.5 Å². The van der Waals surface area contributed by atoms with Gasteiger partial charge >= 0.3 is 0 Å². The molecule has 17 heavy (non-hydrogen) atoms. The van der Waals surface area contributed by atoms with Crippen LogP contribution in [0.1, 0.15) is 12.6 Å². The second kappa shape index (κ2) is 7.76. The monoisotopic (exact) mass is 237 g/mol. The highest BCUT2D eigenvalue weighted by Gasteiger charge is 2.12. The molecule has 0 aliphatic carbocycles. The maximum absolute atomic E-state index is 11.8. The lowest BCUT2D eigenvalue weighted by Crippen LogP contribution is -2.34. The van der Waals surface area contributed by atoms with E-state index in [9.17, 15) is 4.79 Å². The Kier molecular flexibility index (Phi) is 6.21. The highest BCUT2D eigenvalue weighted by Crippen LogP contribution is 2.01. The third-order valence-corrected chi connectivity index (χ3v) is 2.30. The van der Waals surface area contributed by atoms with E-state index in [1.807, 2.05) is 25.1 Å². The van der Waals surface area contributed by atoms with Gasteiger partial charge in [0.25, 0.3) is 0 Å². The molecule has 2 N–H and O–H groups in total. The van der Waals surface area contributed by atoms with Gasteiger partial charge in [-0.15, -0.1) is 0 Å². The normalized spacial score (nSPS) is 10.2. The molecule has 0 bridgehead atoms. The Morgan fingerprint density at radius 2 is 2.35 bits per heavy atom. The summed E-state index contributed by atoms with van der Waals surface area (Å²) in [5.41, 5.74) is 6.16. The number of nitrogens with two attached hydrogens (primary N) is 1. The van der Waals surface area contributed by atoms with Gasteiger partial charge in [-0.1, -0.05) is 6.07 Å². The fourth-order valence-electron chi connectivity index (χ4n) is 1.40. The first kappa shape index (κ1) is 13.6. The van der Waals surface area contributed by atoms with E-state index in [0.717, 1.165) is 5.69 Å². The number of ether oxygens (including phenoxy) is 1. The highest BCUT2D eigenvalue weighted by atomic mass is 16.5. The summed E-state index contributed by atoms with van der Waals surface area (Å²) in [6, 6.07) is 5.66. The molecule has 1 amide bonds. The van der Waals surface area contributed by atoms with Gasteiger partial charge < -0.3 is 15.4 Å². The number of hydrogen-bond donors (Lipinski definition) is 1. The Bertz CT molecular complexity index is 330. The van der Waals surface area contributed by atoms with Crippen molar-refractivity contribution >= 4 is 5.91 Å². The number of likely N-dealkylation sites (N-methyl/N-ethyl adjacent to an activating group) is 1. The van der Waals surface area contributed by atoms with E-state index in [1.54, 1.807) is 11.1 Å². The van der Waals surface area contributed by atoms with Crippen LogP contribution in [0.4, 0.5) is 0 Å². The van der Waals surface area contributed by atoms with E-state index in [2.05, 4.69) is 4.98 Å². The molecule has 0 aliphatic rings. The summed E-state index contributed by atoms with van der Waals surface area (Å²) in [7, 11) is 0. The van der Waals surface area contributed by atoms with Crippen molar-refractivity contribution in [1.29, 1.82) is 0 Å². The summed E-state index contributed by atoms with van der Waals surface area (Å²) >= 11 is 0. The summed E-state index contributed by atoms with van der Waals surface area (Å²) in [5.74, 6) is -0.0356. The number of aromatic nitrogens is 1. The SMILES string of the molecule is CCN(Cc1ccccn1)C(=O)COCCN. The Labute approximate surface area is 102 Å². The summed E-state index contributed by atoms with van der Waals surface area (Å²) in [6.07, 6.45) is 1.72. The van der Waals surface area contributed by atoms with Crippen LogP contribution in [-0.4, -0.2) is 42.1 Å². The molecule has 0 spiro atoms. The van der Waals surface area contributed by atoms with E-state index in [4.69, 9.17) is 10.5 Å². The smallest absolute Gasteiger partial charge is 0.248 e. The fourth-order valence-corrected chi connectivity index (χ4v) is 1.40. The van der Waals surface area contributed by atoms with Crippen LogP contribution in [0.5, 0.6) is 0 Å². The number of pyridine rings is 1. The summed E-state index contributed by atoms with van der Waals surface area (Å²) < 4.78 is 5.13. The van der Waals surface area contributed by atoms with Crippen LogP contribution in [0.15, 0.2) is 24.4 Å². The molecule has 0 unspecified atom stereocenters. The molecular weight excluding hydrogens is 218 g/mol. The highest BCUT2D eigenvalue weighted by molar-refractivity contribution is 5.77. The predicted octanol–water partition coefficient (Wildman–Crippen LogP) is 0.405. The van der Waals surface area contributed by atoms with E-state index < -0.39 is 0 Å². The predicted molar refractivity (Wildman–Crippen MR) is 65.2 cm³/mol. The second-order valence-corrected chi connectivity index (χ2v) is 3.57. The maximum atomic E-state index is 11.8. The van der Waals surface area contributed by atoms with Crippen LogP contribution < -0.4 is 5.73 Å². The molecule has 0 saturated heterocycles. The van der Waals surface area contributed by atoms with Gasteiger partial charge in [-0.05, 0) is 19.1 Å². The zero-order chi connectivity index (χ0) is 12.5. The van der Waals surface area contributed by atoms with Crippen molar-refractivity contribution in [1.82, 2.24) is 9.88 Å². The zero-order valence-corrected chi connectivity index (χ0v) is 10.1. The summed E-state index contributed by atoms with van der Waals surface area (Å²) in [5, 5.41) is 0. The molecule has 1 aromatic rings. The van der Waals surface area contributed by atoms with Crippen LogP contribution in [0, 0.1) is 0 Å². The first-order chi connectivity index (χ1) is 8.27. The molecule has 94 valence electrons. The molecular formula is C12H19N3O2.